The summed E-state index contributed by atoms with van der Waals surface area (Å²) >= 11 is 0. The predicted molar refractivity (Wildman–Crippen MR) is 76.1 cm³/mol. The molecule has 0 radical (unpaired) electrons. The first-order valence-electron chi connectivity index (χ1n) is 6.86. The summed E-state index contributed by atoms with van der Waals surface area (Å²) in [5, 5.41) is 0. The van der Waals surface area contributed by atoms with Crippen LogP contribution in [0.4, 0.5) is 11.6 Å². The summed E-state index contributed by atoms with van der Waals surface area (Å²) in [6, 6.07) is 2.21. The first kappa shape index (κ1) is 14.0. The molecular weight excluding hydrogens is 242 g/mol. The van der Waals surface area contributed by atoms with Crippen molar-refractivity contribution in [3.63, 3.8) is 0 Å². The van der Waals surface area contributed by atoms with Gasteiger partial charge in [-0.1, -0.05) is 6.92 Å². The van der Waals surface area contributed by atoms with Crippen LogP contribution >= 0.6 is 0 Å². The minimum Gasteiger partial charge on any atom is -0.375 e. The largest absolute Gasteiger partial charge is 0.375 e. The van der Waals surface area contributed by atoms with Crippen LogP contribution in [-0.2, 0) is 11.2 Å². The second-order valence-corrected chi connectivity index (χ2v) is 5.07. The summed E-state index contributed by atoms with van der Waals surface area (Å²) in [6.45, 7) is 7.90. The molecule has 0 amide bonds. The van der Waals surface area contributed by atoms with E-state index in [-0.39, 0.29) is 6.10 Å². The molecule has 106 valence electrons. The second-order valence-electron chi connectivity index (χ2n) is 5.07. The molecule has 2 heterocycles. The van der Waals surface area contributed by atoms with Crippen molar-refractivity contribution in [2.45, 2.75) is 45.8 Å². The lowest BCUT2D eigenvalue weighted by atomic mass is 10.2. The maximum atomic E-state index is 5.65. The van der Waals surface area contributed by atoms with Gasteiger partial charge in [-0.25, -0.2) is 15.8 Å². The molecule has 6 heteroatoms. The van der Waals surface area contributed by atoms with E-state index < -0.39 is 0 Å². The van der Waals surface area contributed by atoms with E-state index in [0.29, 0.717) is 11.9 Å². The van der Waals surface area contributed by atoms with E-state index in [2.05, 4.69) is 41.1 Å². The number of hydrogen-bond acceptors (Lipinski definition) is 6. The molecule has 2 unspecified atom stereocenters. The van der Waals surface area contributed by atoms with Crippen molar-refractivity contribution in [1.29, 1.82) is 0 Å². The summed E-state index contributed by atoms with van der Waals surface area (Å²) < 4.78 is 5.65. The Morgan fingerprint density at radius 3 is 2.95 bits per heavy atom. The molecule has 2 rings (SSSR count). The van der Waals surface area contributed by atoms with Crippen LogP contribution in [0.2, 0.25) is 0 Å². The number of nitrogens with one attached hydrogen (secondary N) is 1. The number of hydrazine groups is 1. The molecule has 0 aromatic carbocycles. The van der Waals surface area contributed by atoms with Gasteiger partial charge in [0.05, 0.1) is 18.8 Å². The van der Waals surface area contributed by atoms with Gasteiger partial charge in [0.1, 0.15) is 17.5 Å². The molecule has 1 saturated heterocycles. The first-order valence-corrected chi connectivity index (χ1v) is 6.86. The average Bonchev–Trinajstić information content (AvgIpc) is 2.41. The number of nitrogens with two attached hydrogens (primary N) is 1. The summed E-state index contributed by atoms with van der Waals surface area (Å²) in [4.78, 5) is 11.3. The van der Waals surface area contributed by atoms with Gasteiger partial charge in [-0.3, -0.25) is 0 Å². The number of hydrogen-bond donors (Lipinski definition) is 2. The lowest BCUT2D eigenvalue weighted by Gasteiger charge is -2.37. The number of nitrogens with zero attached hydrogens (tertiary/aromatic N) is 3. The quantitative estimate of drug-likeness (QED) is 0.632. The maximum absolute atomic E-state index is 5.65. The predicted octanol–water partition coefficient (Wildman–Crippen LogP) is 1.33. The van der Waals surface area contributed by atoms with E-state index in [1.54, 1.807) is 0 Å². The van der Waals surface area contributed by atoms with Crippen LogP contribution < -0.4 is 16.2 Å². The number of anilines is 2. The van der Waals surface area contributed by atoms with Crippen molar-refractivity contribution in [3.05, 3.63) is 11.9 Å². The number of aryl methyl sites for hydroxylation is 1. The standard InChI is InChI=1S/C13H23N5O/c1-4-5-11-15-12(17-14)6-13(16-11)18-7-10(3)19-8-9(18)2/h6,9-10H,4-5,7-8,14H2,1-3H3,(H,15,16,17). The molecule has 0 spiro atoms. The van der Waals surface area contributed by atoms with Crippen molar-refractivity contribution in [3.8, 4) is 0 Å². The van der Waals surface area contributed by atoms with Crippen LogP contribution in [0.25, 0.3) is 0 Å². The van der Waals surface area contributed by atoms with E-state index in [1.807, 2.05) is 6.07 Å². The molecule has 2 atom stereocenters. The van der Waals surface area contributed by atoms with Gasteiger partial charge in [0.2, 0.25) is 0 Å². The third-order valence-corrected chi connectivity index (χ3v) is 3.28. The third-order valence-electron chi connectivity index (χ3n) is 3.28. The Morgan fingerprint density at radius 2 is 2.26 bits per heavy atom. The molecule has 1 fully saturated rings. The summed E-state index contributed by atoms with van der Waals surface area (Å²) in [5.74, 6) is 7.92. The van der Waals surface area contributed by atoms with Crippen molar-refractivity contribution < 1.29 is 4.74 Å². The van der Waals surface area contributed by atoms with Gasteiger partial charge >= 0.3 is 0 Å². The number of rotatable bonds is 4. The highest BCUT2D eigenvalue weighted by molar-refractivity contribution is 5.50. The fraction of sp³-hybridized carbons (Fsp3) is 0.692. The maximum Gasteiger partial charge on any atom is 0.145 e. The number of ether oxygens (including phenoxy) is 1. The molecule has 19 heavy (non-hydrogen) atoms. The van der Waals surface area contributed by atoms with Crippen LogP contribution in [0.5, 0.6) is 0 Å². The fourth-order valence-corrected chi connectivity index (χ4v) is 2.26. The third kappa shape index (κ3) is 3.33. The summed E-state index contributed by atoms with van der Waals surface area (Å²) in [5.41, 5.74) is 2.62. The fourth-order valence-electron chi connectivity index (χ4n) is 2.26. The molecule has 1 aromatic heterocycles. The van der Waals surface area contributed by atoms with Crippen molar-refractivity contribution in [1.82, 2.24) is 9.97 Å². The molecule has 6 nitrogen and oxygen atoms in total. The van der Waals surface area contributed by atoms with E-state index in [1.165, 1.54) is 0 Å². The number of nitrogen functional groups attached to an aromatic ring is 1. The van der Waals surface area contributed by atoms with Gasteiger partial charge in [0, 0.05) is 19.0 Å². The molecule has 0 aliphatic carbocycles. The van der Waals surface area contributed by atoms with Crippen LogP contribution in [0.1, 0.15) is 33.0 Å². The molecule has 3 N–H and O–H groups in total. The molecule has 0 bridgehead atoms. The lowest BCUT2D eigenvalue weighted by Crippen LogP contribution is -2.48. The molecule has 0 saturated carbocycles. The monoisotopic (exact) mass is 265 g/mol. The number of aromatic nitrogens is 2. The van der Waals surface area contributed by atoms with Gasteiger partial charge in [-0.15, -0.1) is 0 Å². The Hall–Kier alpha value is -1.40. The van der Waals surface area contributed by atoms with E-state index >= 15 is 0 Å². The SMILES string of the molecule is CCCc1nc(NN)cc(N2CC(C)OCC2C)n1. The van der Waals surface area contributed by atoms with Gasteiger partial charge in [0.25, 0.3) is 0 Å². The van der Waals surface area contributed by atoms with Crippen LogP contribution in [0.3, 0.4) is 0 Å². The molecule has 1 aromatic rings. The highest BCUT2D eigenvalue weighted by atomic mass is 16.5. The Labute approximate surface area is 114 Å². The zero-order chi connectivity index (χ0) is 13.8. The summed E-state index contributed by atoms with van der Waals surface area (Å²) in [6.07, 6.45) is 2.09. The Balaban J connectivity index is 2.28. The molecular formula is C13H23N5O. The van der Waals surface area contributed by atoms with Gasteiger partial charge in [-0.2, -0.15) is 0 Å². The summed E-state index contributed by atoms with van der Waals surface area (Å²) in [7, 11) is 0. The highest BCUT2D eigenvalue weighted by Gasteiger charge is 2.25. The van der Waals surface area contributed by atoms with E-state index in [9.17, 15) is 0 Å². The van der Waals surface area contributed by atoms with Crippen LogP contribution in [0.15, 0.2) is 6.07 Å². The average molecular weight is 265 g/mol. The van der Waals surface area contributed by atoms with Crippen LogP contribution in [0, 0.1) is 0 Å². The first-order chi connectivity index (χ1) is 9.13. The van der Waals surface area contributed by atoms with Crippen molar-refractivity contribution in [2.75, 3.05) is 23.5 Å². The normalized spacial score (nSPS) is 23.5. The lowest BCUT2D eigenvalue weighted by molar-refractivity contribution is 0.0340. The Kier molecular flexibility index (Phi) is 4.55. The van der Waals surface area contributed by atoms with Crippen LogP contribution in [-0.4, -0.2) is 35.3 Å². The second kappa shape index (κ2) is 6.16. The van der Waals surface area contributed by atoms with E-state index in [0.717, 1.165) is 37.6 Å². The topological polar surface area (TPSA) is 76.3 Å². The minimum atomic E-state index is 0.218. The zero-order valence-corrected chi connectivity index (χ0v) is 11.9. The van der Waals surface area contributed by atoms with Gasteiger partial charge in [-0.05, 0) is 20.3 Å². The zero-order valence-electron chi connectivity index (χ0n) is 11.9. The molecule has 1 aliphatic heterocycles. The van der Waals surface area contributed by atoms with Gasteiger partial charge < -0.3 is 15.1 Å². The Morgan fingerprint density at radius 1 is 1.47 bits per heavy atom. The van der Waals surface area contributed by atoms with Crippen molar-refractivity contribution in [2.24, 2.45) is 5.84 Å². The smallest absolute Gasteiger partial charge is 0.145 e. The number of morpholine rings is 1. The van der Waals surface area contributed by atoms with E-state index in [4.69, 9.17) is 10.6 Å². The van der Waals surface area contributed by atoms with Gasteiger partial charge in [0.15, 0.2) is 0 Å². The Bertz CT molecular complexity index is 425. The highest BCUT2D eigenvalue weighted by Crippen LogP contribution is 2.22. The minimum absolute atomic E-state index is 0.218. The van der Waals surface area contributed by atoms with Crippen molar-refractivity contribution >= 4 is 11.6 Å². The molecule has 1 aliphatic rings.